The lowest BCUT2D eigenvalue weighted by Crippen LogP contribution is -2.55. The Bertz CT molecular complexity index is 1350. The molecule has 0 spiro atoms. The maximum absolute atomic E-state index is 15.0. The molecule has 3 atom stereocenters. The fourth-order valence-electron chi connectivity index (χ4n) is 5.07. The minimum Gasteiger partial charge on any atom is -0.391 e. The standard InChI is InChI=1S/C27H28F3N5O3/c1-14-12-35(13-19(31)25(14)36)22-5-8-32-11-21(22)34-26(37)20-4-3-16(28)24(33-20)23-17(29)9-15(10-18(23)30)27(38)6-2-7-27/h3-5,8-11,14,19,25,36,38H,2,6-7,12-13,31H2,1H3,(H,34,37)/t14-,19+,25+/m0/s1. The number of nitrogens with one attached hydrogen (secondary N) is 1. The number of nitrogens with two attached hydrogens (primary N) is 1. The van der Waals surface area contributed by atoms with Crippen LogP contribution in [0.2, 0.25) is 0 Å². The van der Waals surface area contributed by atoms with Gasteiger partial charge >= 0.3 is 0 Å². The molecule has 1 aliphatic heterocycles. The average Bonchev–Trinajstić information content (AvgIpc) is 2.86. The number of hydrogen-bond donors (Lipinski definition) is 4. The van der Waals surface area contributed by atoms with Crippen molar-refractivity contribution in [1.82, 2.24) is 9.97 Å². The number of aromatic nitrogens is 2. The lowest BCUT2D eigenvalue weighted by molar-refractivity contribution is -0.0392. The minimum absolute atomic E-state index is 0.0835. The normalized spacial score (nSPS) is 22.6. The molecule has 8 nitrogen and oxygen atoms in total. The van der Waals surface area contributed by atoms with E-state index >= 15 is 0 Å². The zero-order valence-corrected chi connectivity index (χ0v) is 20.7. The van der Waals surface area contributed by atoms with Crippen molar-refractivity contribution in [2.45, 2.75) is 43.9 Å². The first-order chi connectivity index (χ1) is 18.1. The van der Waals surface area contributed by atoms with Gasteiger partial charge in [-0.2, -0.15) is 0 Å². The summed E-state index contributed by atoms with van der Waals surface area (Å²) in [7, 11) is 0. The van der Waals surface area contributed by atoms with Gasteiger partial charge in [-0.3, -0.25) is 9.78 Å². The molecular formula is C27H28F3N5O3. The van der Waals surface area contributed by atoms with E-state index in [1.54, 1.807) is 12.3 Å². The van der Waals surface area contributed by atoms with E-state index in [0.717, 1.165) is 30.7 Å². The number of carbonyl (C=O) groups excluding carboxylic acids is 1. The van der Waals surface area contributed by atoms with Crippen LogP contribution in [-0.2, 0) is 5.60 Å². The summed E-state index contributed by atoms with van der Waals surface area (Å²) in [5.74, 6) is -4.03. The number of benzene rings is 1. The van der Waals surface area contributed by atoms with Gasteiger partial charge < -0.3 is 26.2 Å². The van der Waals surface area contributed by atoms with Crippen molar-refractivity contribution in [1.29, 1.82) is 0 Å². The zero-order valence-electron chi connectivity index (χ0n) is 20.7. The number of nitrogens with zero attached hydrogens (tertiary/aromatic N) is 3. The number of halogens is 3. The fraction of sp³-hybridized carbons (Fsp3) is 0.370. The molecule has 0 bridgehead atoms. The van der Waals surface area contributed by atoms with Crippen molar-refractivity contribution in [2.24, 2.45) is 11.7 Å². The van der Waals surface area contributed by atoms with Gasteiger partial charge in [0.2, 0.25) is 0 Å². The van der Waals surface area contributed by atoms with Crippen molar-refractivity contribution in [2.75, 3.05) is 23.3 Å². The maximum atomic E-state index is 15.0. The second-order valence-corrected chi connectivity index (χ2v) is 10.1. The molecule has 2 fully saturated rings. The van der Waals surface area contributed by atoms with E-state index in [-0.39, 0.29) is 17.2 Å². The summed E-state index contributed by atoms with van der Waals surface area (Å²) >= 11 is 0. The molecule has 200 valence electrons. The highest BCUT2D eigenvalue weighted by Gasteiger charge is 2.38. The van der Waals surface area contributed by atoms with Crippen LogP contribution >= 0.6 is 0 Å². The Morgan fingerprint density at radius 3 is 2.47 bits per heavy atom. The minimum atomic E-state index is -1.30. The molecule has 38 heavy (non-hydrogen) atoms. The molecular weight excluding hydrogens is 499 g/mol. The van der Waals surface area contributed by atoms with Crippen LogP contribution in [0.15, 0.2) is 42.7 Å². The van der Waals surface area contributed by atoms with E-state index in [9.17, 15) is 28.2 Å². The number of anilines is 2. The lowest BCUT2D eigenvalue weighted by atomic mass is 9.75. The molecule has 0 radical (unpaired) electrons. The molecule has 2 aromatic heterocycles. The predicted octanol–water partition coefficient (Wildman–Crippen LogP) is 3.33. The van der Waals surface area contributed by atoms with Gasteiger partial charge in [0.1, 0.15) is 28.8 Å². The molecule has 11 heteroatoms. The summed E-state index contributed by atoms with van der Waals surface area (Å²) in [6.07, 6.45) is 3.83. The van der Waals surface area contributed by atoms with E-state index in [1.165, 1.54) is 6.20 Å². The maximum Gasteiger partial charge on any atom is 0.274 e. The lowest BCUT2D eigenvalue weighted by Gasteiger charge is -2.40. The van der Waals surface area contributed by atoms with Crippen LogP contribution in [0.3, 0.4) is 0 Å². The number of aliphatic hydroxyl groups is 2. The van der Waals surface area contributed by atoms with Crippen molar-refractivity contribution in [3.05, 3.63) is 71.4 Å². The summed E-state index contributed by atoms with van der Waals surface area (Å²) in [6, 6.07) is 5.20. The number of hydrogen-bond acceptors (Lipinski definition) is 7. The zero-order chi connectivity index (χ0) is 27.2. The van der Waals surface area contributed by atoms with Gasteiger partial charge in [0, 0.05) is 31.2 Å². The Labute approximate surface area is 217 Å². The molecule has 0 unspecified atom stereocenters. The summed E-state index contributed by atoms with van der Waals surface area (Å²) in [6.45, 7) is 2.71. The van der Waals surface area contributed by atoms with Gasteiger partial charge in [0.15, 0.2) is 0 Å². The molecule has 3 heterocycles. The molecule has 1 aliphatic carbocycles. The topological polar surface area (TPSA) is 125 Å². The Hall–Kier alpha value is -3.54. The van der Waals surface area contributed by atoms with Crippen LogP contribution in [0.4, 0.5) is 24.5 Å². The number of carbonyl (C=O) groups is 1. The number of piperidine rings is 1. The Kier molecular flexibility index (Phi) is 6.84. The van der Waals surface area contributed by atoms with E-state index in [0.29, 0.717) is 37.3 Å². The van der Waals surface area contributed by atoms with Crippen LogP contribution in [0, 0.1) is 23.4 Å². The van der Waals surface area contributed by atoms with Gasteiger partial charge in [-0.05, 0) is 55.2 Å². The molecule has 5 N–H and O–H groups in total. The van der Waals surface area contributed by atoms with Crippen molar-refractivity contribution < 1.29 is 28.2 Å². The van der Waals surface area contributed by atoms with E-state index in [1.807, 2.05) is 11.8 Å². The monoisotopic (exact) mass is 527 g/mol. The molecule has 5 rings (SSSR count). The second-order valence-electron chi connectivity index (χ2n) is 10.1. The molecule has 1 saturated carbocycles. The average molecular weight is 528 g/mol. The molecule has 3 aromatic rings. The van der Waals surface area contributed by atoms with Gasteiger partial charge in [-0.25, -0.2) is 18.2 Å². The summed E-state index contributed by atoms with van der Waals surface area (Å²) in [5.41, 5.74) is 4.16. The molecule has 1 saturated heterocycles. The van der Waals surface area contributed by atoms with Gasteiger partial charge in [-0.1, -0.05) is 6.92 Å². The number of rotatable bonds is 5. The van der Waals surface area contributed by atoms with Crippen LogP contribution in [-0.4, -0.2) is 51.3 Å². The van der Waals surface area contributed by atoms with Gasteiger partial charge in [0.05, 0.1) is 34.8 Å². The smallest absolute Gasteiger partial charge is 0.274 e. The highest BCUT2D eigenvalue weighted by Crippen LogP contribution is 2.42. The number of pyridine rings is 2. The molecule has 2 aliphatic rings. The summed E-state index contributed by atoms with van der Waals surface area (Å²) in [4.78, 5) is 23.0. The van der Waals surface area contributed by atoms with Crippen LogP contribution < -0.4 is 16.0 Å². The first kappa shape index (κ1) is 26.1. The van der Waals surface area contributed by atoms with Gasteiger partial charge in [-0.15, -0.1) is 0 Å². The van der Waals surface area contributed by atoms with Crippen LogP contribution in [0.1, 0.15) is 42.2 Å². The number of amides is 1. The molecule has 1 amide bonds. The third-order valence-corrected chi connectivity index (χ3v) is 7.42. The first-order valence-electron chi connectivity index (χ1n) is 12.4. The highest BCUT2D eigenvalue weighted by atomic mass is 19.1. The van der Waals surface area contributed by atoms with E-state index in [2.05, 4.69) is 15.3 Å². The highest BCUT2D eigenvalue weighted by molar-refractivity contribution is 6.04. The third-order valence-electron chi connectivity index (χ3n) is 7.42. The Morgan fingerprint density at radius 2 is 1.84 bits per heavy atom. The van der Waals surface area contributed by atoms with Crippen molar-refractivity contribution >= 4 is 17.3 Å². The van der Waals surface area contributed by atoms with E-state index in [4.69, 9.17) is 5.73 Å². The van der Waals surface area contributed by atoms with Crippen LogP contribution in [0.5, 0.6) is 0 Å². The Balaban J connectivity index is 1.43. The molecule has 1 aromatic carbocycles. The summed E-state index contributed by atoms with van der Waals surface area (Å²) < 4.78 is 44.7. The summed E-state index contributed by atoms with van der Waals surface area (Å²) in [5, 5.41) is 23.3. The Morgan fingerprint density at radius 1 is 1.13 bits per heavy atom. The van der Waals surface area contributed by atoms with Gasteiger partial charge in [0.25, 0.3) is 5.91 Å². The SMILES string of the molecule is C[C@H]1CN(c2ccncc2NC(=O)c2ccc(F)c(-c3c(F)cc(C4(O)CCC4)cc3F)n2)C[C@@H](N)[C@@H]1O. The quantitative estimate of drug-likeness (QED) is 0.401. The number of aliphatic hydroxyl groups excluding tert-OH is 1. The third kappa shape index (κ3) is 4.72. The largest absolute Gasteiger partial charge is 0.391 e. The fourth-order valence-corrected chi connectivity index (χ4v) is 5.07. The van der Waals surface area contributed by atoms with Crippen molar-refractivity contribution in [3.8, 4) is 11.3 Å². The van der Waals surface area contributed by atoms with Crippen molar-refractivity contribution in [3.63, 3.8) is 0 Å². The predicted molar refractivity (Wildman–Crippen MR) is 135 cm³/mol. The van der Waals surface area contributed by atoms with Crippen LogP contribution in [0.25, 0.3) is 11.3 Å². The van der Waals surface area contributed by atoms with E-state index < -0.39 is 52.4 Å². The first-order valence-corrected chi connectivity index (χ1v) is 12.4. The second kappa shape index (κ2) is 9.97.